The monoisotopic (exact) mass is 518 g/mol. The van der Waals surface area contributed by atoms with Crippen LogP contribution in [0.15, 0.2) is 61.6 Å². The molecular formula is C28H38N8O2. The summed E-state index contributed by atoms with van der Waals surface area (Å²) in [6, 6.07) is 11.1. The van der Waals surface area contributed by atoms with E-state index in [1.54, 1.807) is 24.4 Å². The average molecular weight is 519 g/mol. The van der Waals surface area contributed by atoms with Crippen LogP contribution in [0.1, 0.15) is 59.7 Å². The number of nitrogens with one attached hydrogen (secondary N) is 3. The first-order chi connectivity index (χ1) is 18.5. The standard InChI is InChI=1S/C24H27N7O2.C3H6.CH5N/c1-33-24-18(7-4-12-27-24)23(32)28-13-15-8-10-16(11-9-15)20(25)19-21(26)29-14-30-22(19)31-17-5-2-3-6-17;1-3-2;1-2/h4,7-12,14,17,25H,2-3,5-6,13H2,1H3,(H,28,32)(H3,26,29,30,31);3H,1H2,2H3;2H2,1H3. The first-order valence-corrected chi connectivity index (χ1v) is 12.5. The molecular weight excluding hydrogens is 480 g/mol. The Bertz CT molecular complexity index is 1190. The highest BCUT2D eigenvalue weighted by molar-refractivity contribution is 6.16. The Balaban J connectivity index is 0.000000947. The van der Waals surface area contributed by atoms with E-state index in [0.29, 0.717) is 35.1 Å². The Morgan fingerprint density at radius 2 is 1.82 bits per heavy atom. The van der Waals surface area contributed by atoms with Crippen molar-refractivity contribution in [3.05, 3.63) is 83.8 Å². The second-order valence-electron chi connectivity index (χ2n) is 8.33. The summed E-state index contributed by atoms with van der Waals surface area (Å²) < 4.78 is 5.14. The highest BCUT2D eigenvalue weighted by Gasteiger charge is 2.21. The maximum absolute atomic E-state index is 12.5. The number of aromatic nitrogens is 3. The lowest BCUT2D eigenvalue weighted by molar-refractivity contribution is 0.0947. The number of benzene rings is 1. The normalized spacial score (nSPS) is 12.2. The van der Waals surface area contributed by atoms with Crippen molar-refractivity contribution in [2.45, 2.75) is 45.2 Å². The Morgan fingerprint density at radius 1 is 1.16 bits per heavy atom. The first-order valence-electron chi connectivity index (χ1n) is 12.5. The molecule has 1 fully saturated rings. The molecule has 38 heavy (non-hydrogen) atoms. The second-order valence-corrected chi connectivity index (χ2v) is 8.33. The lowest BCUT2D eigenvalue weighted by atomic mass is 10.0. The summed E-state index contributed by atoms with van der Waals surface area (Å²) in [4.78, 5) is 25.0. The summed E-state index contributed by atoms with van der Waals surface area (Å²) in [5.41, 5.74) is 13.3. The molecule has 0 aliphatic heterocycles. The molecule has 202 valence electrons. The van der Waals surface area contributed by atoms with Gasteiger partial charge in [0.25, 0.3) is 5.91 Å². The fourth-order valence-electron chi connectivity index (χ4n) is 3.96. The number of carbonyl (C=O) groups excluding carboxylic acids is 1. The predicted molar refractivity (Wildman–Crippen MR) is 153 cm³/mol. The van der Waals surface area contributed by atoms with Crippen LogP contribution in [0.25, 0.3) is 0 Å². The summed E-state index contributed by atoms with van der Waals surface area (Å²) in [6.07, 6.45) is 9.30. The van der Waals surface area contributed by atoms with Gasteiger partial charge in [-0.1, -0.05) is 43.2 Å². The van der Waals surface area contributed by atoms with Crippen molar-refractivity contribution in [3.8, 4) is 5.88 Å². The van der Waals surface area contributed by atoms with E-state index < -0.39 is 0 Å². The van der Waals surface area contributed by atoms with Gasteiger partial charge in [-0.3, -0.25) is 10.2 Å². The van der Waals surface area contributed by atoms with Crippen LogP contribution < -0.4 is 26.8 Å². The Labute approximate surface area is 224 Å². The van der Waals surface area contributed by atoms with Crippen molar-refractivity contribution in [1.29, 1.82) is 5.41 Å². The zero-order chi connectivity index (χ0) is 27.9. The molecule has 0 radical (unpaired) electrons. The lowest BCUT2D eigenvalue weighted by Gasteiger charge is -2.17. The molecule has 2 heterocycles. The number of anilines is 2. The molecule has 1 amide bonds. The van der Waals surface area contributed by atoms with E-state index in [1.807, 2.05) is 31.2 Å². The zero-order valence-corrected chi connectivity index (χ0v) is 22.3. The largest absolute Gasteiger partial charge is 0.480 e. The number of hydrogen-bond donors (Lipinski definition) is 5. The lowest BCUT2D eigenvalue weighted by Crippen LogP contribution is -2.23. The van der Waals surface area contributed by atoms with E-state index in [1.165, 1.54) is 33.3 Å². The number of nitrogens with two attached hydrogens (primary N) is 2. The molecule has 1 aromatic carbocycles. The van der Waals surface area contributed by atoms with Crippen molar-refractivity contribution >= 4 is 23.3 Å². The van der Waals surface area contributed by atoms with Gasteiger partial charge in [0.15, 0.2) is 0 Å². The number of nitrogen functional groups attached to an aromatic ring is 1. The number of amides is 1. The van der Waals surface area contributed by atoms with Gasteiger partial charge in [0.2, 0.25) is 5.88 Å². The first kappa shape index (κ1) is 29.9. The number of pyridine rings is 1. The highest BCUT2D eigenvalue weighted by Crippen LogP contribution is 2.26. The van der Waals surface area contributed by atoms with Gasteiger partial charge < -0.3 is 26.8 Å². The number of allylic oxidation sites excluding steroid dienone is 1. The Morgan fingerprint density at radius 3 is 2.45 bits per heavy atom. The average Bonchev–Trinajstić information content (AvgIpc) is 3.46. The molecule has 7 N–H and O–H groups in total. The minimum atomic E-state index is -0.270. The van der Waals surface area contributed by atoms with E-state index in [4.69, 9.17) is 15.9 Å². The van der Waals surface area contributed by atoms with Gasteiger partial charge >= 0.3 is 0 Å². The molecule has 0 bridgehead atoms. The summed E-state index contributed by atoms with van der Waals surface area (Å²) >= 11 is 0. The smallest absolute Gasteiger partial charge is 0.257 e. The van der Waals surface area contributed by atoms with E-state index in [9.17, 15) is 4.79 Å². The molecule has 2 aromatic heterocycles. The van der Waals surface area contributed by atoms with Crippen LogP contribution in [0, 0.1) is 5.41 Å². The molecule has 4 rings (SSSR count). The van der Waals surface area contributed by atoms with Crippen LogP contribution in [-0.4, -0.2) is 46.8 Å². The summed E-state index contributed by atoms with van der Waals surface area (Å²) in [5.74, 6) is 0.885. The molecule has 10 nitrogen and oxygen atoms in total. The van der Waals surface area contributed by atoms with Crippen molar-refractivity contribution < 1.29 is 9.53 Å². The Kier molecular flexibility index (Phi) is 12.4. The summed E-state index contributed by atoms with van der Waals surface area (Å²) in [6.45, 7) is 5.58. The fourth-order valence-corrected chi connectivity index (χ4v) is 3.96. The van der Waals surface area contributed by atoms with Crippen molar-refractivity contribution in [1.82, 2.24) is 20.3 Å². The van der Waals surface area contributed by atoms with Crippen LogP contribution in [0.4, 0.5) is 11.6 Å². The van der Waals surface area contributed by atoms with E-state index in [2.05, 4.69) is 37.9 Å². The maximum atomic E-state index is 12.5. The summed E-state index contributed by atoms with van der Waals surface area (Å²) in [7, 11) is 2.98. The molecule has 0 saturated heterocycles. The third-order valence-electron chi connectivity index (χ3n) is 5.73. The van der Waals surface area contributed by atoms with Gasteiger partial charge in [-0.15, -0.1) is 6.58 Å². The van der Waals surface area contributed by atoms with E-state index in [-0.39, 0.29) is 23.3 Å². The van der Waals surface area contributed by atoms with Crippen molar-refractivity contribution in [2.75, 3.05) is 25.2 Å². The van der Waals surface area contributed by atoms with Gasteiger partial charge in [0, 0.05) is 24.3 Å². The maximum Gasteiger partial charge on any atom is 0.257 e. The molecule has 0 unspecified atom stereocenters. The van der Waals surface area contributed by atoms with Crippen molar-refractivity contribution in [3.63, 3.8) is 0 Å². The third kappa shape index (κ3) is 8.10. The molecule has 10 heteroatoms. The predicted octanol–water partition coefficient (Wildman–Crippen LogP) is 3.93. The fraction of sp³-hybridized carbons (Fsp3) is 0.321. The molecule has 1 aliphatic carbocycles. The molecule has 1 aliphatic rings. The third-order valence-corrected chi connectivity index (χ3v) is 5.73. The molecule has 0 spiro atoms. The van der Waals surface area contributed by atoms with Crippen LogP contribution in [0.3, 0.4) is 0 Å². The van der Waals surface area contributed by atoms with E-state index in [0.717, 1.165) is 18.4 Å². The number of rotatable bonds is 8. The quantitative estimate of drug-likeness (QED) is 0.221. The van der Waals surface area contributed by atoms with Gasteiger partial charge in [0.1, 0.15) is 23.5 Å². The second kappa shape index (κ2) is 15.7. The topological polar surface area (TPSA) is 165 Å². The molecule has 1 saturated carbocycles. The van der Waals surface area contributed by atoms with Gasteiger partial charge in [-0.2, -0.15) is 0 Å². The zero-order valence-electron chi connectivity index (χ0n) is 22.3. The van der Waals surface area contributed by atoms with Gasteiger partial charge in [-0.25, -0.2) is 15.0 Å². The number of hydrogen-bond acceptors (Lipinski definition) is 9. The Hall–Kier alpha value is -4.31. The SMILES string of the molecule is C=CC.CN.COc1ncccc1C(=O)NCc1ccc(C(=N)c2c(N)ncnc2NC2CCCC2)cc1. The number of carbonyl (C=O) groups is 1. The molecule has 0 atom stereocenters. The van der Waals surface area contributed by atoms with Gasteiger partial charge in [-0.05, 0) is 44.5 Å². The number of methoxy groups -OCH3 is 1. The number of nitrogens with zero attached hydrogens (tertiary/aromatic N) is 3. The minimum absolute atomic E-state index is 0.254. The van der Waals surface area contributed by atoms with E-state index >= 15 is 0 Å². The van der Waals surface area contributed by atoms with Gasteiger partial charge in [0.05, 0.1) is 18.4 Å². The van der Waals surface area contributed by atoms with Crippen LogP contribution >= 0.6 is 0 Å². The van der Waals surface area contributed by atoms with Crippen molar-refractivity contribution in [2.24, 2.45) is 5.73 Å². The summed E-state index contributed by atoms with van der Waals surface area (Å²) in [5, 5.41) is 15.0. The number of ether oxygens (including phenoxy) is 1. The highest BCUT2D eigenvalue weighted by atomic mass is 16.5. The van der Waals surface area contributed by atoms with Crippen LogP contribution in [0.2, 0.25) is 0 Å². The minimum Gasteiger partial charge on any atom is -0.480 e. The molecule has 3 aromatic rings. The van der Waals surface area contributed by atoms with Crippen LogP contribution in [0.5, 0.6) is 5.88 Å². The van der Waals surface area contributed by atoms with Crippen LogP contribution in [-0.2, 0) is 6.54 Å².